The van der Waals surface area contributed by atoms with Gasteiger partial charge < -0.3 is 30.7 Å². The van der Waals surface area contributed by atoms with Gasteiger partial charge in [0.05, 0.1) is 25.4 Å². The maximum absolute atomic E-state index is 13.2. The number of fused-ring (bicyclic) bond motifs is 4. The second-order valence-corrected chi connectivity index (χ2v) is 15.0. The van der Waals surface area contributed by atoms with E-state index in [2.05, 4.69) is 29.9 Å². The van der Waals surface area contributed by atoms with Crippen LogP contribution in [0.5, 0.6) is 0 Å². The Balaban J connectivity index is 1.12. The molecule has 8 atom stereocenters. The number of rotatable bonds is 2. The van der Waals surface area contributed by atoms with E-state index in [0.717, 1.165) is 0 Å². The Morgan fingerprint density at radius 3 is 1.93 bits per heavy atom. The predicted octanol–water partition coefficient (Wildman–Crippen LogP) is 1.14. The van der Waals surface area contributed by atoms with Crippen molar-refractivity contribution in [2.24, 2.45) is 0 Å². The number of phosphoric acid groups is 1. The Labute approximate surface area is 239 Å². The molecule has 2 unspecified atom stereocenters. The molecule has 0 aliphatic carbocycles. The Morgan fingerprint density at radius 2 is 1.33 bits per heavy atom. The lowest BCUT2D eigenvalue weighted by Gasteiger charge is -2.26. The highest BCUT2D eigenvalue weighted by Gasteiger charge is 2.47. The summed E-state index contributed by atoms with van der Waals surface area (Å²) in [6.07, 6.45) is 0.206. The predicted molar refractivity (Wildman–Crippen MR) is 144 cm³/mol. The molecule has 0 saturated carbocycles. The molecule has 0 radical (unpaired) electrons. The first-order valence-corrected chi connectivity index (χ1v) is 17.2. The monoisotopic (exact) mass is 642 g/mol. The average molecular weight is 642 g/mol. The van der Waals surface area contributed by atoms with Gasteiger partial charge in [0, 0.05) is 18.6 Å². The summed E-state index contributed by atoms with van der Waals surface area (Å²) in [6, 6.07) is 0. The van der Waals surface area contributed by atoms with Gasteiger partial charge >= 0.3 is 14.6 Å². The molecule has 22 heteroatoms. The van der Waals surface area contributed by atoms with Crippen LogP contribution in [0.15, 0.2) is 25.3 Å². The summed E-state index contributed by atoms with van der Waals surface area (Å²) in [5.41, 5.74) is 13.2. The van der Waals surface area contributed by atoms with Crippen LogP contribution in [-0.2, 0) is 32.2 Å². The van der Waals surface area contributed by atoms with Crippen molar-refractivity contribution in [2.45, 2.75) is 49.7 Å². The van der Waals surface area contributed by atoms with Crippen molar-refractivity contribution in [3.8, 4) is 0 Å². The van der Waals surface area contributed by atoms with Crippen LogP contribution in [-0.4, -0.2) is 85.6 Å². The van der Waals surface area contributed by atoms with E-state index in [1.54, 1.807) is 9.13 Å². The van der Waals surface area contributed by atoms with Crippen LogP contribution in [0.2, 0.25) is 0 Å². The molecule has 224 valence electrons. The van der Waals surface area contributed by atoms with Crippen molar-refractivity contribution >= 4 is 60.0 Å². The highest BCUT2D eigenvalue weighted by Crippen LogP contribution is 2.60. The number of phosphoric ester groups is 1. The van der Waals surface area contributed by atoms with Crippen LogP contribution in [0.3, 0.4) is 0 Å². The van der Waals surface area contributed by atoms with E-state index in [1.165, 1.54) is 25.3 Å². The maximum atomic E-state index is 13.2. The minimum atomic E-state index is -4.66. The first-order valence-electron chi connectivity index (χ1n) is 12.6. The van der Waals surface area contributed by atoms with Gasteiger partial charge in [0.2, 0.25) is 0 Å². The van der Waals surface area contributed by atoms with E-state index in [-0.39, 0.29) is 30.2 Å². The highest BCUT2D eigenvalue weighted by molar-refractivity contribution is 8.54. The zero-order chi connectivity index (χ0) is 29.2. The van der Waals surface area contributed by atoms with E-state index in [1.807, 2.05) is 0 Å². The summed E-state index contributed by atoms with van der Waals surface area (Å²) < 4.78 is 58.0. The van der Waals surface area contributed by atoms with Gasteiger partial charge in [-0.05, 0) is 11.4 Å². The second-order valence-electron chi connectivity index (χ2n) is 9.71. The molecule has 6 N–H and O–H groups in total. The number of hydrogen-bond acceptors (Lipinski definition) is 16. The van der Waals surface area contributed by atoms with Crippen LogP contribution in [0.25, 0.3) is 22.3 Å². The van der Waals surface area contributed by atoms with Crippen LogP contribution in [0.4, 0.5) is 11.6 Å². The fourth-order valence-electron chi connectivity index (χ4n) is 5.16. The summed E-state index contributed by atoms with van der Waals surface area (Å²) in [6.45, 7) is -4.77. The molecule has 0 bridgehead atoms. The smallest absolute Gasteiger partial charge is 0.382 e. The van der Waals surface area contributed by atoms with Crippen LogP contribution >= 0.6 is 26.0 Å². The molecule has 7 rings (SSSR count). The number of ether oxygens (including phenoxy) is 2. The summed E-state index contributed by atoms with van der Waals surface area (Å²) in [4.78, 5) is 46.1. The van der Waals surface area contributed by atoms with Gasteiger partial charge in [-0.3, -0.25) is 22.7 Å². The Bertz CT molecular complexity index is 1630. The second kappa shape index (κ2) is 10.4. The first-order chi connectivity index (χ1) is 20.1. The molecule has 3 fully saturated rings. The summed E-state index contributed by atoms with van der Waals surface area (Å²) >= 11 is 0.617. The molecule has 0 aromatic carbocycles. The SMILES string of the molecule is Nc1ncnc2c1ncn2[C@@H]1C[C@H]2OP(=O)(O)SC[C@H]3O[C@@H](n4cnc5c(N)ncnc54)C[C@@H]3OP(=O)(O)OC[C@@H]2O1. The van der Waals surface area contributed by atoms with Crippen LogP contribution in [0.1, 0.15) is 25.3 Å². The number of hydrogen-bond donors (Lipinski definition) is 4. The molecule has 3 aliphatic rings. The average Bonchev–Trinajstić information content (AvgIpc) is 3.71. The summed E-state index contributed by atoms with van der Waals surface area (Å²) in [5, 5.41) is 0. The van der Waals surface area contributed by atoms with Gasteiger partial charge in [0.1, 0.15) is 54.5 Å². The van der Waals surface area contributed by atoms with Crippen molar-refractivity contribution in [3.63, 3.8) is 0 Å². The van der Waals surface area contributed by atoms with E-state index < -0.39 is 58.1 Å². The number of anilines is 2. The van der Waals surface area contributed by atoms with Crippen molar-refractivity contribution in [1.82, 2.24) is 39.0 Å². The number of aromatic nitrogens is 8. The molecule has 0 spiro atoms. The molecular weight excluding hydrogens is 618 g/mol. The third kappa shape index (κ3) is 5.17. The molecule has 3 aliphatic heterocycles. The van der Waals surface area contributed by atoms with E-state index in [0.29, 0.717) is 33.7 Å². The van der Waals surface area contributed by atoms with Crippen molar-refractivity contribution in [2.75, 3.05) is 23.8 Å². The minimum absolute atomic E-state index is 0.0778. The maximum Gasteiger partial charge on any atom is 0.472 e. The van der Waals surface area contributed by atoms with Gasteiger partial charge in [0.25, 0.3) is 0 Å². The van der Waals surface area contributed by atoms with Crippen molar-refractivity contribution in [1.29, 1.82) is 0 Å². The largest absolute Gasteiger partial charge is 0.472 e. The molecule has 7 heterocycles. The normalized spacial score (nSPS) is 36.0. The zero-order valence-electron chi connectivity index (χ0n) is 21.4. The molecule has 3 saturated heterocycles. The van der Waals surface area contributed by atoms with Crippen molar-refractivity contribution in [3.05, 3.63) is 25.3 Å². The van der Waals surface area contributed by atoms with Gasteiger partial charge in [0.15, 0.2) is 22.9 Å². The lowest BCUT2D eigenvalue weighted by Crippen LogP contribution is -2.31. The van der Waals surface area contributed by atoms with Gasteiger partial charge in [-0.25, -0.2) is 39.0 Å². The van der Waals surface area contributed by atoms with Gasteiger partial charge in [-0.2, -0.15) is 0 Å². The molecule has 4 aromatic heterocycles. The Hall–Kier alpha value is -2.77. The fraction of sp³-hybridized carbons (Fsp3) is 0.500. The number of nitrogens with two attached hydrogens (primary N) is 2. The topological polar surface area (TPSA) is 260 Å². The summed E-state index contributed by atoms with van der Waals surface area (Å²) in [5.74, 6) is 0.240. The number of nitrogen functional groups attached to an aromatic ring is 2. The first kappa shape index (κ1) is 28.0. The standard InChI is InChI=1S/C20H24N10O9P2S/c21-17-15-19(25-5-23-17)29(7-27-15)13-1-9-11(36-13)3-35-40(31,32)38-10-2-14(37-12(10)4-42-41(33,34)39-9)30-8-28-16-18(22)24-6-26-20(16)30/h5-14H,1-4H2,(H,31,32)(H,33,34)(H2,21,23,25)(H2,22,24,26)/t9-,10+,11+,12-,13+,14-/m1/s1. The Kier molecular flexibility index (Phi) is 6.97. The minimum Gasteiger partial charge on any atom is -0.382 e. The molecule has 19 nitrogen and oxygen atoms in total. The quantitative estimate of drug-likeness (QED) is 0.223. The van der Waals surface area contributed by atoms with Gasteiger partial charge in [-0.15, -0.1) is 0 Å². The fourth-order valence-corrected chi connectivity index (χ4v) is 8.90. The van der Waals surface area contributed by atoms with Gasteiger partial charge in [-0.1, -0.05) is 0 Å². The summed E-state index contributed by atoms with van der Waals surface area (Å²) in [7, 11) is -4.66. The molecule has 0 amide bonds. The lowest BCUT2D eigenvalue weighted by molar-refractivity contribution is -0.0451. The van der Waals surface area contributed by atoms with Crippen LogP contribution < -0.4 is 11.5 Å². The third-order valence-electron chi connectivity index (χ3n) is 7.10. The molecule has 42 heavy (non-hydrogen) atoms. The Morgan fingerprint density at radius 1 is 0.786 bits per heavy atom. The molecule has 4 aromatic rings. The molecular formula is C20H24N10O9P2S. The third-order valence-corrected chi connectivity index (χ3v) is 11.1. The number of imidazole rings is 2. The van der Waals surface area contributed by atoms with E-state index >= 15 is 0 Å². The number of nitrogens with zero attached hydrogens (tertiary/aromatic N) is 8. The van der Waals surface area contributed by atoms with Crippen LogP contribution in [0, 0.1) is 0 Å². The van der Waals surface area contributed by atoms with Crippen molar-refractivity contribution < 1.29 is 42.0 Å². The van der Waals surface area contributed by atoms with E-state index in [9.17, 15) is 18.9 Å². The van der Waals surface area contributed by atoms with E-state index in [4.69, 9.17) is 34.5 Å². The highest BCUT2D eigenvalue weighted by atomic mass is 32.7. The zero-order valence-corrected chi connectivity index (χ0v) is 24.0. The lowest BCUT2D eigenvalue weighted by atomic mass is 10.2.